The van der Waals surface area contributed by atoms with Crippen molar-refractivity contribution >= 4 is 40.2 Å². The Morgan fingerprint density at radius 1 is 1.29 bits per heavy atom. The number of rotatable bonds is 7. The van der Waals surface area contributed by atoms with Crippen molar-refractivity contribution in [1.29, 1.82) is 0 Å². The molecule has 0 aliphatic carbocycles. The maximum atomic E-state index is 13.2. The van der Waals surface area contributed by atoms with Crippen LogP contribution in [0.3, 0.4) is 0 Å². The Kier molecular flexibility index (Phi) is 6.72. The second-order valence-electron chi connectivity index (χ2n) is 6.08. The SMILES string of the molecule is COCCNC(=O)C(C)Sc1nc2ccccc2c(=O)n1-c1cccc(Cl)c1. The standard InChI is InChI=1S/C20H20ClN3O3S/c1-13(18(25)22-10-11-27-2)28-20-23-17-9-4-3-8-16(17)19(26)24(20)15-7-5-6-14(21)12-15/h3-9,12-13H,10-11H2,1-2H3,(H,22,25). The third-order valence-corrected chi connectivity index (χ3v) is 5.36. The Labute approximate surface area is 171 Å². The summed E-state index contributed by atoms with van der Waals surface area (Å²) in [5.41, 5.74) is 0.980. The van der Waals surface area contributed by atoms with E-state index in [0.29, 0.717) is 39.9 Å². The lowest BCUT2D eigenvalue weighted by molar-refractivity contribution is -0.120. The summed E-state index contributed by atoms with van der Waals surface area (Å²) in [6.07, 6.45) is 0. The minimum atomic E-state index is -0.449. The van der Waals surface area contributed by atoms with Crippen LogP contribution in [0.4, 0.5) is 0 Å². The Bertz CT molecular complexity index is 1050. The number of thioether (sulfide) groups is 1. The fourth-order valence-corrected chi connectivity index (χ4v) is 3.80. The average molecular weight is 418 g/mol. The predicted octanol–water partition coefficient (Wildman–Crippen LogP) is 3.28. The minimum Gasteiger partial charge on any atom is -0.383 e. The number of nitrogens with zero attached hydrogens (tertiary/aromatic N) is 2. The van der Waals surface area contributed by atoms with Gasteiger partial charge in [0, 0.05) is 18.7 Å². The average Bonchev–Trinajstić information content (AvgIpc) is 2.68. The summed E-state index contributed by atoms with van der Waals surface area (Å²) in [5, 5.41) is 3.80. The third-order valence-electron chi connectivity index (χ3n) is 4.07. The van der Waals surface area contributed by atoms with Crippen molar-refractivity contribution in [2.75, 3.05) is 20.3 Å². The highest BCUT2D eigenvalue weighted by Crippen LogP contribution is 2.26. The van der Waals surface area contributed by atoms with Gasteiger partial charge in [-0.1, -0.05) is 41.6 Å². The topological polar surface area (TPSA) is 73.2 Å². The maximum absolute atomic E-state index is 13.2. The molecule has 8 heteroatoms. The molecule has 0 aliphatic rings. The zero-order valence-electron chi connectivity index (χ0n) is 15.5. The molecule has 3 aromatic rings. The molecule has 0 aliphatic heterocycles. The van der Waals surface area contributed by atoms with Crippen molar-refractivity contribution in [3.05, 3.63) is 63.9 Å². The summed E-state index contributed by atoms with van der Waals surface area (Å²) in [5.74, 6) is -0.151. The van der Waals surface area contributed by atoms with Crippen LogP contribution in [0.15, 0.2) is 58.5 Å². The van der Waals surface area contributed by atoms with Crippen LogP contribution in [0, 0.1) is 0 Å². The molecule has 0 radical (unpaired) electrons. The van der Waals surface area contributed by atoms with Gasteiger partial charge in [0.25, 0.3) is 5.56 Å². The van der Waals surface area contributed by atoms with E-state index in [1.807, 2.05) is 6.07 Å². The highest BCUT2D eigenvalue weighted by atomic mass is 35.5. The van der Waals surface area contributed by atoms with Crippen molar-refractivity contribution < 1.29 is 9.53 Å². The molecule has 1 heterocycles. The monoisotopic (exact) mass is 417 g/mol. The highest BCUT2D eigenvalue weighted by molar-refractivity contribution is 8.00. The predicted molar refractivity (Wildman–Crippen MR) is 113 cm³/mol. The van der Waals surface area contributed by atoms with Gasteiger partial charge >= 0.3 is 0 Å². The number of ether oxygens (including phenoxy) is 1. The van der Waals surface area contributed by atoms with E-state index in [0.717, 1.165) is 0 Å². The van der Waals surface area contributed by atoms with Crippen molar-refractivity contribution in [3.8, 4) is 5.69 Å². The van der Waals surface area contributed by atoms with Gasteiger partial charge in [-0.15, -0.1) is 0 Å². The Hall–Kier alpha value is -2.35. The number of methoxy groups -OCH3 is 1. The van der Waals surface area contributed by atoms with Gasteiger partial charge in [0.2, 0.25) is 5.91 Å². The molecule has 1 amide bonds. The third kappa shape index (κ3) is 4.55. The van der Waals surface area contributed by atoms with Gasteiger partial charge in [-0.2, -0.15) is 0 Å². The summed E-state index contributed by atoms with van der Waals surface area (Å²) in [4.78, 5) is 30.2. The molecular weight excluding hydrogens is 398 g/mol. The van der Waals surface area contributed by atoms with Crippen molar-refractivity contribution in [3.63, 3.8) is 0 Å². The van der Waals surface area contributed by atoms with Crippen LogP contribution >= 0.6 is 23.4 Å². The number of para-hydroxylation sites is 1. The number of carbonyl (C=O) groups excluding carboxylic acids is 1. The lowest BCUT2D eigenvalue weighted by Crippen LogP contribution is -2.34. The van der Waals surface area contributed by atoms with Gasteiger partial charge in [0.05, 0.1) is 28.4 Å². The van der Waals surface area contributed by atoms with Gasteiger partial charge in [-0.3, -0.25) is 14.2 Å². The van der Waals surface area contributed by atoms with Crippen LogP contribution in [0.5, 0.6) is 0 Å². The van der Waals surface area contributed by atoms with Gasteiger partial charge in [0.1, 0.15) is 0 Å². The van der Waals surface area contributed by atoms with Crippen LogP contribution in [-0.2, 0) is 9.53 Å². The molecule has 1 aromatic heterocycles. The molecule has 0 spiro atoms. The first-order chi connectivity index (χ1) is 13.5. The van der Waals surface area contributed by atoms with E-state index in [4.69, 9.17) is 16.3 Å². The van der Waals surface area contributed by atoms with E-state index < -0.39 is 5.25 Å². The number of benzene rings is 2. The normalized spacial score (nSPS) is 12.1. The van der Waals surface area contributed by atoms with E-state index in [-0.39, 0.29) is 11.5 Å². The van der Waals surface area contributed by atoms with Gasteiger partial charge in [-0.25, -0.2) is 4.98 Å². The van der Waals surface area contributed by atoms with Crippen LogP contribution in [0.2, 0.25) is 5.02 Å². The number of amides is 1. The number of carbonyl (C=O) groups is 1. The van der Waals surface area contributed by atoms with E-state index in [9.17, 15) is 9.59 Å². The van der Waals surface area contributed by atoms with Crippen molar-refractivity contribution in [2.24, 2.45) is 0 Å². The molecule has 1 N–H and O–H groups in total. The molecule has 146 valence electrons. The number of aromatic nitrogens is 2. The van der Waals surface area contributed by atoms with Gasteiger partial charge in [0.15, 0.2) is 5.16 Å². The molecule has 1 atom stereocenters. The summed E-state index contributed by atoms with van der Waals surface area (Å²) in [6, 6.07) is 14.1. The fourth-order valence-electron chi connectivity index (χ4n) is 2.67. The van der Waals surface area contributed by atoms with E-state index in [2.05, 4.69) is 10.3 Å². The Balaban J connectivity index is 2.04. The maximum Gasteiger partial charge on any atom is 0.266 e. The molecule has 0 saturated heterocycles. The summed E-state index contributed by atoms with van der Waals surface area (Å²) < 4.78 is 6.45. The molecule has 0 bridgehead atoms. The Morgan fingerprint density at radius 2 is 2.07 bits per heavy atom. The van der Waals surface area contributed by atoms with E-state index >= 15 is 0 Å². The van der Waals surface area contributed by atoms with E-state index in [1.54, 1.807) is 56.5 Å². The number of fused-ring (bicyclic) bond motifs is 1. The zero-order chi connectivity index (χ0) is 20.1. The van der Waals surface area contributed by atoms with Crippen LogP contribution in [-0.4, -0.2) is 41.0 Å². The zero-order valence-corrected chi connectivity index (χ0v) is 17.1. The quantitative estimate of drug-likeness (QED) is 0.363. The molecule has 0 fully saturated rings. The number of nitrogens with one attached hydrogen (secondary N) is 1. The molecule has 6 nitrogen and oxygen atoms in total. The van der Waals surface area contributed by atoms with Crippen LogP contribution in [0.1, 0.15) is 6.92 Å². The largest absolute Gasteiger partial charge is 0.383 e. The molecular formula is C20H20ClN3O3S. The number of halogens is 1. The summed E-state index contributed by atoms with van der Waals surface area (Å²) in [6.45, 7) is 2.63. The van der Waals surface area contributed by atoms with Crippen LogP contribution < -0.4 is 10.9 Å². The Morgan fingerprint density at radius 3 is 2.82 bits per heavy atom. The van der Waals surface area contributed by atoms with Gasteiger partial charge < -0.3 is 10.1 Å². The van der Waals surface area contributed by atoms with Crippen molar-refractivity contribution in [1.82, 2.24) is 14.9 Å². The van der Waals surface area contributed by atoms with E-state index in [1.165, 1.54) is 16.3 Å². The molecule has 28 heavy (non-hydrogen) atoms. The first-order valence-electron chi connectivity index (χ1n) is 8.72. The lowest BCUT2D eigenvalue weighted by Gasteiger charge is -2.16. The minimum absolute atomic E-state index is 0.151. The fraction of sp³-hybridized carbons (Fsp3) is 0.250. The van der Waals surface area contributed by atoms with Crippen molar-refractivity contribution in [2.45, 2.75) is 17.3 Å². The van der Waals surface area contributed by atoms with Crippen LogP contribution in [0.25, 0.3) is 16.6 Å². The second kappa shape index (κ2) is 9.23. The smallest absolute Gasteiger partial charge is 0.266 e. The summed E-state index contributed by atoms with van der Waals surface area (Å²) >= 11 is 7.35. The first-order valence-corrected chi connectivity index (χ1v) is 9.98. The lowest BCUT2D eigenvalue weighted by atomic mass is 10.2. The summed E-state index contributed by atoms with van der Waals surface area (Å²) in [7, 11) is 1.58. The number of hydrogen-bond acceptors (Lipinski definition) is 5. The molecule has 0 saturated carbocycles. The number of hydrogen-bond donors (Lipinski definition) is 1. The molecule has 2 aromatic carbocycles. The molecule has 3 rings (SSSR count). The first kappa shape index (κ1) is 20.4. The highest BCUT2D eigenvalue weighted by Gasteiger charge is 2.20. The van der Waals surface area contributed by atoms with Gasteiger partial charge in [-0.05, 0) is 37.3 Å². The second-order valence-corrected chi connectivity index (χ2v) is 7.82. The molecule has 1 unspecified atom stereocenters.